The highest BCUT2D eigenvalue weighted by Gasteiger charge is 2.03. The number of sulfone groups is 1. The molecule has 0 saturated carbocycles. The molecule has 2 N–H and O–H groups in total. The van der Waals surface area contributed by atoms with Gasteiger partial charge in [-0.1, -0.05) is 6.07 Å². The molecule has 0 aliphatic heterocycles. The molecule has 150 valence electrons. The molecule has 9 heteroatoms. The van der Waals surface area contributed by atoms with E-state index in [4.69, 9.17) is 4.74 Å². The molecule has 0 fully saturated rings. The third-order valence-corrected chi connectivity index (χ3v) is 4.35. The maximum Gasteiger partial charge on any atom is 0.191 e. The van der Waals surface area contributed by atoms with E-state index in [1.54, 1.807) is 6.07 Å². The summed E-state index contributed by atoms with van der Waals surface area (Å²) in [5, 5.41) is 6.36. The molecule has 0 saturated heterocycles. The van der Waals surface area contributed by atoms with Gasteiger partial charge in [0.05, 0.1) is 25.5 Å². The minimum absolute atomic E-state index is 0. The Morgan fingerprint density at radius 2 is 2.00 bits per heavy atom. The number of guanidine groups is 1. The second kappa shape index (κ2) is 13.3. The zero-order valence-corrected chi connectivity index (χ0v) is 18.7. The standard InChI is InChI=1S/C17H28FN3O3S.HI/c1-4-19-17(21-9-10-24-11-12-25(3,22)23)20-8-7-15-5-6-16(18)13-14(15)2;/h5-6,13H,4,7-12H2,1-3H3,(H2,19,20,21);1H. The molecule has 1 rings (SSSR count). The quantitative estimate of drug-likeness (QED) is 0.222. The van der Waals surface area contributed by atoms with Gasteiger partial charge in [-0.2, -0.15) is 0 Å². The van der Waals surface area contributed by atoms with E-state index in [0.717, 1.165) is 24.1 Å². The predicted molar refractivity (Wildman–Crippen MR) is 115 cm³/mol. The third kappa shape index (κ3) is 11.6. The van der Waals surface area contributed by atoms with Crippen LogP contribution in [-0.2, 0) is 21.0 Å². The number of ether oxygens (including phenoxy) is 1. The molecule has 0 bridgehead atoms. The zero-order valence-electron chi connectivity index (χ0n) is 15.5. The molecule has 1 aromatic rings. The summed E-state index contributed by atoms with van der Waals surface area (Å²) in [6, 6.07) is 4.80. The van der Waals surface area contributed by atoms with Crippen LogP contribution in [0.5, 0.6) is 0 Å². The fourth-order valence-corrected chi connectivity index (χ4v) is 2.55. The first-order chi connectivity index (χ1) is 11.8. The average Bonchev–Trinajstić information content (AvgIpc) is 2.51. The number of nitrogens with one attached hydrogen (secondary N) is 2. The number of hydrogen-bond donors (Lipinski definition) is 2. The molecule has 0 radical (unpaired) electrons. The molecule has 26 heavy (non-hydrogen) atoms. The lowest BCUT2D eigenvalue weighted by Crippen LogP contribution is -2.38. The van der Waals surface area contributed by atoms with Crippen LogP contribution in [0.15, 0.2) is 23.2 Å². The Hall–Kier alpha value is -0.940. The first kappa shape index (κ1) is 25.1. The maximum atomic E-state index is 13.1. The smallest absolute Gasteiger partial charge is 0.191 e. The highest BCUT2D eigenvalue weighted by atomic mass is 127. The molecule has 1 aromatic carbocycles. The largest absolute Gasteiger partial charge is 0.378 e. The lowest BCUT2D eigenvalue weighted by Gasteiger charge is -2.12. The van der Waals surface area contributed by atoms with Crippen molar-refractivity contribution in [1.29, 1.82) is 0 Å². The highest BCUT2D eigenvalue weighted by molar-refractivity contribution is 14.0. The number of rotatable bonds is 10. The molecule has 0 aliphatic rings. The molecule has 0 unspecified atom stereocenters. The molecule has 0 aliphatic carbocycles. The number of nitrogens with zero attached hydrogens (tertiary/aromatic N) is 1. The minimum atomic E-state index is -2.99. The van der Waals surface area contributed by atoms with Crippen LogP contribution in [0.1, 0.15) is 18.1 Å². The van der Waals surface area contributed by atoms with Crippen LogP contribution in [0.4, 0.5) is 4.39 Å². The lowest BCUT2D eigenvalue weighted by atomic mass is 10.1. The van der Waals surface area contributed by atoms with Gasteiger partial charge in [-0.25, -0.2) is 12.8 Å². The van der Waals surface area contributed by atoms with Crippen LogP contribution in [0.25, 0.3) is 0 Å². The van der Waals surface area contributed by atoms with E-state index in [1.807, 2.05) is 13.8 Å². The van der Waals surface area contributed by atoms with Gasteiger partial charge in [-0.05, 0) is 43.5 Å². The Bertz CT molecular complexity index is 669. The average molecular weight is 501 g/mol. The highest BCUT2D eigenvalue weighted by Crippen LogP contribution is 2.10. The van der Waals surface area contributed by atoms with Crippen molar-refractivity contribution >= 4 is 39.8 Å². The van der Waals surface area contributed by atoms with Crippen molar-refractivity contribution in [2.24, 2.45) is 4.99 Å². The number of aryl methyl sites for hydroxylation is 1. The van der Waals surface area contributed by atoms with Gasteiger partial charge in [0.25, 0.3) is 0 Å². The monoisotopic (exact) mass is 501 g/mol. The van der Waals surface area contributed by atoms with Crippen LogP contribution < -0.4 is 10.6 Å². The molecule has 0 heterocycles. The predicted octanol–water partition coefficient (Wildman–Crippen LogP) is 1.91. The van der Waals surface area contributed by atoms with Gasteiger partial charge in [0, 0.05) is 19.3 Å². The summed E-state index contributed by atoms with van der Waals surface area (Å²) >= 11 is 0. The van der Waals surface area contributed by atoms with Crippen LogP contribution in [0.2, 0.25) is 0 Å². The maximum absolute atomic E-state index is 13.1. The van der Waals surface area contributed by atoms with Gasteiger partial charge in [0.2, 0.25) is 0 Å². The summed E-state index contributed by atoms with van der Waals surface area (Å²) in [7, 11) is -2.99. The Morgan fingerprint density at radius 3 is 2.62 bits per heavy atom. The van der Waals surface area contributed by atoms with Gasteiger partial charge in [0.15, 0.2) is 5.96 Å². The third-order valence-electron chi connectivity index (χ3n) is 3.44. The molecule has 0 amide bonds. The minimum Gasteiger partial charge on any atom is -0.378 e. The van der Waals surface area contributed by atoms with Crippen molar-refractivity contribution < 1.29 is 17.5 Å². The second-order valence-corrected chi connectivity index (χ2v) is 8.01. The van der Waals surface area contributed by atoms with E-state index in [0.29, 0.717) is 25.7 Å². The number of halogens is 2. The van der Waals surface area contributed by atoms with E-state index in [2.05, 4.69) is 15.6 Å². The molecular formula is C17H29FIN3O3S. The van der Waals surface area contributed by atoms with E-state index < -0.39 is 9.84 Å². The van der Waals surface area contributed by atoms with Crippen LogP contribution in [-0.4, -0.2) is 59.2 Å². The number of aliphatic imine (C=N–C) groups is 1. The topological polar surface area (TPSA) is 79.8 Å². The van der Waals surface area contributed by atoms with Crippen molar-refractivity contribution in [3.8, 4) is 0 Å². The Morgan fingerprint density at radius 1 is 1.27 bits per heavy atom. The lowest BCUT2D eigenvalue weighted by molar-refractivity contribution is 0.157. The fraction of sp³-hybridized carbons (Fsp3) is 0.588. The van der Waals surface area contributed by atoms with E-state index in [9.17, 15) is 12.8 Å². The Balaban J connectivity index is 0.00000625. The van der Waals surface area contributed by atoms with Crippen molar-refractivity contribution in [1.82, 2.24) is 10.6 Å². The van der Waals surface area contributed by atoms with Crippen molar-refractivity contribution in [3.63, 3.8) is 0 Å². The van der Waals surface area contributed by atoms with Crippen molar-refractivity contribution in [3.05, 3.63) is 35.1 Å². The first-order valence-electron chi connectivity index (χ1n) is 8.34. The SMILES string of the molecule is CCNC(=NCCOCCS(C)(=O)=O)NCCc1ccc(F)cc1C.I. The van der Waals surface area contributed by atoms with Crippen LogP contribution in [0.3, 0.4) is 0 Å². The normalized spacial score (nSPS) is 11.8. The number of benzene rings is 1. The summed E-state index contributed by atoms with van der Waals surface area (Å²) in [5.74, 6) is 0.473. The Kier molecular flexibility index (Phi) is 12.8. The van der Waals surface area contributed by atoms with Gasteiger partial charge in [-0.15, -0.1) is 24.0 Å². The summed E-state index contributed by atoms with van der Waals surface area (Å²) < 4.78 is 40.3. The van der Waals surface area contributed by atoms with Crippen LogP contribution in [0, 0.1) is 12.7 Å². The van der Waals surface area contributed by atoms with Gasteiger partial charge >= 0.3 is 0 Å². The summed E-state index contributed by atoms with van der Waals surface area (Å²) in [4.78, 5) is 4.38. The molecular weight excluding hydrogens is 472 g/mol. The molecule has 0 aromatic heterocycles. The fourth-order valence-electron chi connectivity index (χ4n) is 2.13. The van der Waals surface area contributed by atoms with E-state index >= 15 is 0 Å². The zero-order chi connectivity index (χ0) is 18.7. The summed E-state index contributed by atoms with van der Waals surface area (Å²) in [6.07, 6.45) is 1.95. The molecule has 0 spiro atoms. The Labute approximate surface area is 172 Å². The van der Waals surface area contributed by atoms with Gasteiger partial charge < -0.3 is 15.4 Å². The van der Waals surface area contributed by atoms with Crippen LogP contribution >= 0.6 is 24.0 Å². The molecule has 6 nitrogen and oxygen atoms in total. The molecule has 0 atom stereocenters. The van der Waals surface area contributed by atoms with Crippen molar-refractivity contribution in [2.45, 2.75) is 20.3 Å². The van der Waals surface area contributed by atoms with Crippen molar-refractivity contribution in [2.75, 3.05) is 44.9 Å². The number of hydrogen-bond acceptors (Lipinski definition) is 4. The van der Waals surface area contributed by atoms with Gasteiger partial charge in [-0.3, -0.25) is 4.99 Å². The summed E-state index contributed by atoms with van der Waals surface area (Å²) in [6.45, 7) is 6.26. The summed E-state index contributed by atoms with van der Waals surface area (Å²) in [5.41, 5.74) is 2.02. The van der Waals surface area contributed by atoms with Gasteiger partial charge in [0.1, 0.15) is 15.7 Å². The van der Waals surface area contributed by atoms with E-state index in [-0.39, 0.29) is 42.2 Å². The second-order valence-electron chi connectivity index (χ2n) is 5.75. The van der Waals surface area contributed by atoms with E-state index in [1.165, 1.54) is 18.4 Å². The first-order valence-corrected chi connectivity index (χ1v) is 10.4.